The number of amides is 2. The SMILES string of the molecule is CCCC(NC(=O)CNC(=O)c1ccc(OC)c(OC)c1)c1ccccc1. The van der Waals surface area contributed by atoms with Crippen molar-refractivity contribution in [2.45, 2.75) is 25.8 Å². The Balaban J connectivity index is 1.95. The first kappa shape index (κ1) is 20.3. The third-order valence-electron chi connectivity index (χ3n) is 4.17. The van der Waals surface area contributed by atoms with Gasteiger partial charge in [0.05, 0.1) is 26.8 Å². The van der Waals surface area contributed by atoms with Crippen LogP contribution >= 0.6 is 0 Å². The Labute approximate surface area is 159 Å². The lowest BCUT2D eigenvalue weighted by Crippen LogP contribution is -2.38. The zero-order valence-electron chi connectivity index (χ0n) is 16.0. The number of hydrogen-bond donors (Lipinski definition) is 2. The second-order valence-electron chi connectivity index (χ2n) is 6.07. The van der Waals surface area contributed by atoms with Crippen LogP contribution in [0.1, 0.15) is 41.7 Å². The molecule has 2 N–H and O–H groups in total. The van der Waals surface area contributed by atoms with Crippen LogP contribution in [-0.2, 0) is 4.79 Å². The van der Waals surface area contributed by atoms with E-state index in [0.29, 0.717) is 17.1 Å². The first-order chi connectivity index (χ1) is 13.1. The lowest BCUT2D eigenvalue weighted by Gasteiger charge is -2.19. The molecule has 0 aliphatic heterocycles. The van der Waals surface area contributed by atoms with Crippen molar-refractivity contribution in [1.82, 2.24) is 10.6 Å². The van der Waals surface area contributed by atoms with Gasteiger partial charge in [-0.05, 0) is 30.2 Å². The quantitative estimate of drug-likeness (QED) is 0.711. The van der Waals surface area contributed by atoms with E-state index < -0.39 is 0 Å². The average molecular weight is 370 g/mol. The number of nitrogens with one attached hydrogen (secondary N) is 2. The number of hydrogen-bond acceptors (Lipinski definition) is 4. The molecule has 6 heteroatoms. The van der Waals surface area contributed by atoms with Gasteiger partial charge in [0.15, 0.2) is 11.5 Å². The third-order valence-corrected chi connectivity index (χ3v) is 4.17. The fourth-order valence-electron chi connectivity index (χ4n) is 2.78. The highest BCUT2D eigenvalue weighted by Gasteiger charge is 2.15. The summed E-state index contributed by atoms with van der Waals surface area (Å²) in [6, 6.07) is 14.6. The van der Waals surface area contributed by atoms with Crippen LogP contribution in [0.3, 0.4) is 0 Å². The molecule has 0 saturated carbocycles. The number of carbonyl (C=O) groups is 2. The lowest BCUT2D eigenvalue weighted by molar-refractivity contribution is -0.120. The van der Waals surface area contributed by atoms with E-state index in [0.717, 1.165) is 18.4 Å². The molecule has 144 valence electrons. The molecular formula is C21H26N2O4. The van der Waals surface area contributed by atoms with E-state index in [1.165, 1.54) is 14.2 Å². The van der Waals surface area contributed by atoms with Gasteiger partial charge in [-0.2, -0.15) is 0 Å². The van der Waals surface area contributed by atoms with E-state index in [-0.39, 0.29) is 24.4 Å². The lowest BCUT2D eigenvalue weighted by atomic mass is 10.0. The molecule has 0 heterocycles. The second-order valence-corrected chi connectivity index (χ2v) is 6.07. The Morgan fingerprint density at radius 3 is 2.33 bits per heavy atom. The van der Waals surface area contributed by atoms with Crippen molar-refractivity contribution >= 4 is 11.8 Å². The van der Waals surface area contributed by atoms with E-state index in [1.807, 2.05) is 30.3 Å². The fourth-order valence-corrected chi connectivity index (χ4v) is 2.78. The summed E-state index contributed by atoms with van der Waals surface area (Å²) in [5.41, 5.74) is 1.45. The molecule has 1 unspecified atom stereocenters. The van der Waals surface area contributed by atoms with Crippen LogP contribution in [0.15, 0.2) is 48.5 Å². The molecule has 2 amide bonds. The number of rotatable bonds is 9. The minimum atomic E-state index is -0.349. The molecule has 0 aromatic heterocycles. The smallest absolute Gasteiger partial charge is 0.251 e. The van der Waals surface area contributed by atoms with Gasteiger partial charge in [-0.15, -0.1) is 0 Å². The Bertz CT molecular complexity index is 762. The van der Waals surface area contributed by atoms with Crippen LogP contribution in [0.5, 0.6) is 11.5 Å². The molecule has 6 nitrogen and oxygen atoms in total. The molecule has 2 aromatic rings. The van der Waals surface area contributed by atoms with E-state index in [9.17, 15) is 9.59 Å². The molecule has 0 bridgehead atoms. The molecule has 0 fully saturated rings. The maximum atomic E-state index is 12.3. The molecule has 1 atom stereocenters. The predicted octanol–water partition coefficient (Wildman–Crippen LogP) is 3.09. The number of ether oxygens (including phenoxy) is 2. The zero-order chi connectivity index (χ0) is 19.6. The summed E-state index contributed by atoms with van der Waals surface area (Å²) in [7, 11) is 3.03. The monoisotopic (exact) mass is 370 g/mol. The summed E-state index contributed by atoms with van der Waals surface area (Å²) in [6.45, 7) is 1.97. The summed E-state index contributed by atoms with van der Waals surface area (Å²) in [5.74, 6) is 0.419. The molecule has 27 heavy (non-hydrogen) atoms. The topological polar surface area (TPSA) is 76.7 Å². The van der Waals surface area contributed by atoms with Gasteiger partial charge in [0.25, 0.3) is 5.91 Å². The van der Waals surface area contributed by atoms with Crippen LogP contribution in [0.4, 0.5) is 0 Å². The molecule has 0 aliphatic rings. The van der Waals surface area contributed by atoms with Gasteiger partial charge in [-0.25, -0.2) is 0 Å². The van der Waals surface area contributed by atoms with Crippen LogP contribution in [0.2, 0.25) is 0 Å². The average Bonchev–Trinajstić information content (AvgIpc) is 2.71. The third kappa shape index (κ3) is 5.74. The highest BCUT2D eigenvalue weighted by atomic mass is 16.5. The first-order valence-electron chi connectivity index (χ1n) is 8.93. The van der Waals surface area contributed by atoms with Gasteiger partial charge in [-0.1, -0.05) is 43.7 Å². The molecule has 0 spiro atoms. The summed E-state index contributed by atoms with van der Waals surface area (Å²) in [6.07, 6.45) is 1.78. The van der Waals surface area contributed by atoms with Crippen molar-refractivity contribution in [2.75, 3.05) is 20.8 Å². The molecule has 0 radical (unpaired) electrons. The van der Waals surface area contributed by atoms with Crippen molar-refractivity contribution < 1.29 is 19.1 Å². The van der Waals surface area contributed by atoms with Crippen molar-refractivity contribution in [2.24, 2.45) is 0 Å². The largest absolute Gasteiger partial charge is 0.493 e. The summed E-state index contributed by atoms with van der Waals surface area (Å²) < 4.78 is 10.4. The normalized spacial score (nSPS) is 11.4. The van der Waals surface area contributed by atoms with E-state index >= 15 is 0 Å². The predicted molar refractivity (Wildman–Crippen MR) is 104 cm³/mol. The molecule has 2 aromatic carbocycles. The van der Waals surface area contributed by atoms with Crippen molar-refractivity contribution in [3.05, 3.63) is 59.7 Å². The summed E-state index contributed by atoms with van der Waals surface area (Å²) >= 11 is 0. The van der Waals surface area contributed by atoms with Gasteiger partial charge >= 0.3 is 0 Å². The van der Waals surface area contributed by atoms with E-state index in [4.69, 9.17) is 9.47 Å². The van der Waals surface area contributed by atoms with Gasteiger partial charge in [0.2, 0.25) is 5.91 Å². The number of carbonyl (C=O) groups excluding carboxylic acids is 2. The van der Waals surface area contributed by atoms with Crippen LogP contribution in [0.25, 0.3) is 0 Å². The Morgan fingerprint density at radius 1 is 1.00 bits per heavy atom. The molecule has 2 rings (SSSR count). The maximum Gasteiger partial charge on any atom is 0.251 e. The summed E-state index contributed by atoms with van der Waals surface area (Å²) in [5, 5.41) is 5.62. The van der Waals surface area contributed by atoms with Crippen molar-refractivity contribution in [3.63, 3.8) is 0 Å². The molecule has 0 aliphatic carbocycles. The van der Waals surface area contributed by atoms with Crippen LogP contribution in [0, 0.1) is 0 Å². The standard InChI is InChI=1S/C21H26N2O4/c1-4-8-17(15-9-6-5-7-10-15)23-20(24)14-22-21(25)16-11-12-18(26-2)19(13-16)27-3/h5-7,9-13,17H,4,8,14H2,1-3H3,(H,22,25)(H,23,24). The highest BCUT2D eigenvalue weighted by Crippen LogP contribution is 2.27. The minimum absolute atomic E-state index is 0.0679. The van der Waals surface area contributed by atoms with Crippen LogP contribution < -0.4 is 20.1 Å². The fraction of sp³-hybridized carbons (Fsp3) is 0.333. The van der Waals surface area contributed by atoms with Gasteiger partial charge in [0, 0.05) is 5.56 Å². The van der Waals surface area contributed by atoms with Crippen molar-refractivity contribution in [3.8, 4) is 11.5 Å². The van der Waals surface area contributed by atoms with Crippen LogP contribution in [-0.4, -0.2) is 32.6 Å². The van der Waals surface area contributed by atoms with Crippen molar-refractivity contribution in [1.29, 1.82) is 0 Å². The van der Waals surface area contributed by atoms with Gasteiger partial charge in [-0.3, -0.25) is 9.59 Å². The molecule has 0 saturated heterocycles. The maximum absolute atomic E-state index is 12.3. The Morgan fingerprint density at radius 2 is 1.70 bits per heavy atom. The number of methoxy groups -OCH3 is 2. The Kier molecular flexibility index (Phi) is 7.67. The second kappa shape index (κ2) is 10.2. The first-order valence-corrected chi connectivity index (χ1v) is 8.93. The minimum Gasteiger partial charge on any atom is -0.493 e. The summed E-state index contributed by atoms with van der Waals surface area (Å²) in [4.78, 5) is 24.6. The zero-order valence-corrected chi connectivity index (χ0v) is 16.0. The van der Waals surface area contributed by atoms with Gasteiger partial charge < -0.3 is 20.1 Å². The number of benzene rings is 2. The Hall–Kier alpha value is -3.02. The van der Waals surface area contributed by atoms with E-state index in [2.05, 4.69) is 17.6 Å². The van der Waals surface area contributed by atoms with E-state index in [1.54, 1.807) is 18.2 Å². The molecular weight excluding hydrogens is 344 g/mol. The van der Waals surface area contributed by atoms with Gasteiger partial charge in [0.1, 0.15) is 0 Å². The highest BCUT2D eigenvalue weighted by molar-refractivity contribution is 5.97.